The van der Waals surface area contributed by atoms with Crippen LogP contribution in [0, 0.1) is 11.8 Å². The molecule has 0 bridgehead atoms. The molecule has 20 heavy (non-hydrogen) atoms. The molecule has 0 aromatic rings. The van der Waals surface area contributed by atoms with Crippen molar-refractivity contribution in [1.29, 1.82) is 0 Å². The second-order valence-electron chi connectivity index (χ2n) is 6.28. The van der Waals surface area contributed by atoms with Crippen molar-refractivity contribution in [3.63, 3.8) is 0 Å². The molecule has 124 valence electrons. The largest absolute Gasteiger partial charge is 0.393 e. The Morgan fingerprint density at radius 1 is 0.700 bits per heavy atom. The summed E-state index contributed by atoms with van der Waals surface area (Å²) in [5.41, 5.74) is 0. The monoisotopic (exact) mass is 292 g/mol. The van der Waals surface area contributed by atoms with Crippen LogP contribution >= 0.6 is 0 Å². The molecule has 0 radical (unpaired) electrons. The van der Waals surface area contributed by atoms with Crippen molar-refractivity contribution in [2.75, 3.05) is 0 Å². The van der Waals surface area contributed by atoms with Gasteiger partial charge in [-0.2, -0.15) is 0 Å². The fraction of sp³-hybridized carbons (Fsp3) is 1.00. The molecule has 4 heteroatoms. The van der Waals surface area contributed by atoms with Gasteiger partial charge in [-0.1, -0.05) is 34.1 Å². The smallest absolute Gasteiger partial charge is 0.0590 e. The first-order valence-electron chi connectivity index (χ1n) is 7.83. The zero-order valence-electron chi connectivity index (χ0n) is 14.1. The molecule has 0 aliphatic carbocycles. The highest BCUT2D eigenvalue weighted by Crippen LogP contribution is 2.12. The van der Waals surface area contributed by atoms with Crippen LogP contribution in [0.3, 0.4) is 0 Å². The zero-order valence-corrected chi connectivity index (χ0v) is 14.1. The first kappa shape index (κ1) is 22.1. The van der Waals surface area contributed by atoms with Gasteiger partial charge in [0.05, 0.1) is 24.4 Å². The maximum absolute atomic E-state index is 9.33. The Bertz CT molecular complexity index is 205. The molecule has 0 rings (SSSR count). The van der Waals surface area contributed by atoms with Gasteiger partial charge in [-0.05, 0) is 44.9 Å². The van der Waals surface area contributed by atoms with Gasteiger partial charge in [-0.3, -0.25) is 0 Å². The number of hydrogen-bond acceptors (Lipinski definition) is 4. The molecule has 0 saturated heterocycles. The van der Waals surface area contributed by atoms with Gasteiger partial charge in [0.25, 0.3) is 0 Å². The first-order chi connectivity index (χ1) is 9.11. The Morgan fingerprint density at radius 2 is 1.20 bits per heavy atom. The summed E-state index contributed by atoms with van der Waals surface area (Å²) in [5.74, 6) is 0.605. The summed E-state index contributed by atoms with van der Waals surface area (Å²) in [6.07, 6.45) is 1.59. The molecule has 5 unspecified atom stereocenters. The van der Waals surface area contributed by atoms with Crippen molar-refractivity contribution in [2.45, 2.75) is 91.6 Å². The third-order valence-corrected chi connectivity index (χ3v) is 3.53. The quantitative estimate of drug-likeness (QED) is 0.553. The minimum absolute atomic E-state index is 0.255. The van der Waals surface area contributed by atoms with Gasteiger partial charge >= 0.3 is 0 Å². The van der Waals surface area contributed by atoms with Crippen molar-refractivity contribution in [3.05, 3.63) is 0 Å². The molecule has 4 N–H and O–H groups in total. The van der Waals surface area contributed by atoms with E-state index in [0.29, 0.717) is 31.1 Å². The number of hydrogen-bond donors (Lipinski definition) is 4. The lowest BCUT2D eigenvalue weighted by molar-refractivity contribution is 0.0547. The zero-order chi connectivity index (χ0) is 16.3. The van der Waals surface area contributed by atoms with E-state index in [1.54, 1.807) is 13.8 Å². The van der Waals surface area contributed by atoms with Crippen LogP contribution in [0.15, 0.2) is 0 Å². The Kier molecular flexibility index (Phi) is 13.9. The lowest BCUT2D eigenvalue weighted by Gasteiger charge is -2.17. The van der Waals surface area contributed by atoms with E-state index in [2.05, 4.69) is 0 Å². The van der Waals surface area contributed by atoms with Crippen LogP contribution in [-0.2, 0) is 0 Å². The molecule has 0 aromatic heterocycles. The van der Waals surface area contributed by atoms with Crippen LogP contribution in [0.4, 0.5) is 0 Å². The van der Waals surface area contributed by atoms with Gasteiger partial charge in [0.15, 0.2) is 0 Å². The Hall–Kier alpha value is -0.160. The van der Waals surface area contributed by atoms with Gasteiger partial charge < -0.3 is 20.4 Å². The average molecular weight is 292 g/mol. The molecule has 0 heterocycles. The second kappa shape index (κ2) is 12.6. The lowest BCUT2D eigenvalue weighted by Crippen LogP contribution is -2.21. The summed E-state index contributed by atoms with van der Waals surface area (Å²) in [6, 6.07) is 0. The van der Waals surface area contributed by atoms with E-state index in [0.717, 1.165) is 6.42 Å². The Morgan fingerprint density at radius 3 is 1.50 bits per heavy atom. The fourth-order valence-electron chi connectivity index (χ4n) is 1.60. The van der Waals surface area contributed by atoms with E-state index in [-0.39, 0.29) is 24.4 Å². The standard InChI is InChI=1S/2C8H18O2/c1-6(2)8(10)5-4-7(3)9;1-4-6(2)8(10)5-7(3)9/h2*6-10H,4-5H2,1-3H3. The molecule has 0 aliphatic heterocycles. The van der Waals surface area contributed by atoms with Crippen molar-refractivity contribution in [1.82, 2.24) is 0 Å². The number of aliphatic hydroxyl groups excluding tert-OH is 4. The third-order valence-electron chi connectivity index (χ3n) is 3.53. The van der Waals surface area contributed by atoms with E-state index >= 15 is 0 Å². The summed E-state index contributed by atoms with van der Waals surface area (Å²) in [6.45, 7) is 11.4. The predicted octanol–water partition coefficient (Wildman–Crippen LogP) is 2.33. The minimum atomic E-state index is -0.385. The summed E-state index contributed by atoms with van der Waals surface area (Å²) >= 11 is 0. The predicted molar refractivity (Wildman–Crippen MR) is 83.5 cm³/mol. The Balaban J connectivity index is 0. The molecule has 4 nitrogen and oxygen atoms in total. The third kappa shape index (κ3) is 14.3. The van der Waals surface area contributed by atoms with Crippen LogP contribution < -0.4 is 0 Å². The van der Waals surface area contributed by atoms with Gasteiger partial charge in [0.1, 0.15) is 0 Å². The van der Waals surface area contributed by atoms with E-state index in [4.69, 9.17) is 10.2 Å². The van der Waals surface area contributed by atoms with Crippen molar-refractivity contribution >= 4 is 0 Å². The molecular formula is C16H36O4. The van der Waals surface area contributed by atoms with E-state index in [1.165, 1.54) is 0 Å². The van der Waals surface area contributed by atoms with Crippen LogP contribution in [0.5, 0.6) is 0 Å². The molecule has 0 spiro atoms. The summed E-state index contributed by atoms with van der Waals surface area (Å²) in [4.78, 5) is 0. The fourth-order valence-corrected chi connectivity index (χ4v) is 1.60. The molecular weight excluding hydrogens is 256 g/mol. The van der Waals surface area contributed by atoms with Crippen LogP contribution in [-0.4, -0.2) is 44.8 Å². The SMILES string of the molecule is CC(O)CCC(O)C(C)C.CCC(C)C(O)CC(C)O. The molecule has 0 aliphatic rings. The minimum Gasteiger partial charge on any atom is -0.393 e. The maximum atomic E-state index is 9.33. The highest BCUT2D eigenvalue weighted by molar-refractivity contribution is 4.65. The van der Waals surface area contributed by atoms with E-state index < -0.39 is 0 Å². The summed E-state index contributed by atoms with van der Waals surface area (Å²) < 4.78 is 0. The highest BCUT2D eigenvalue weighted by Gasteiger charge is 2.13. The lowest BCUT2D eigenvalue weighted by atomic mass is 9.97. The van der Waals surface area contributed by atoms with Crippen molar-refractivity contribution in [2.24, 2.45) is 11.8 Å². The topological polar surface area (TPSA) is 80.9 Å². The summed E-state index contributed by atoms with van der Waals surface area (Å²) in [5, 5.41) is 36.4. The highest BCUT2D eigenvalue weighted by atomic mass is 16.3. The van der Waals surface area contributed by atoms with Crippen LogP contribution in [0.25, 0.3) is 0 Å². The van der Waals surface area contributed by atoms with Gasteiger partial charge in [0.2, 0.25) is 0 Å². The van der Waals surface area contributed by atoms with Crippen molar-refractivity contribution < 1.29 is 20.4 Å². The maximum Gasteiger partial charge on any atom is 0.0590 e. The number of aliphatic hydroxyl groups is 4. The normalized spacial score (nSPS) is 18.8. The summed E-state index contributed by atoms with van der Waals surface area (Å²) in [7, 11) is 0. The van der Waals surface area contributed by atoms with Crippen LogP contribution in [0.1, 0.15) is 67.2 Å². The van der Waals surface area contributed by atoms with Gasteiger partial charge in [-0.15, -0.1) is 0 Å². The van der Waals surface area contributed by atoms with Crippen LogP contribution in [0.2, 0.25) is 0 Å². The molecule has 0 fully saturated rings. The van der Waals surface area contributed by atoms with E-state index in [1.807, 2.05) is 27.7 Å². The van der Waals surface area contributed by atoms with E-state index in [9.17, 15) is 10.2 Å². The average Bonchev–Trinajstić information content (AvgIpc) is 2.34. The number of rotatable bonds is 8. The Labute approximate surface area is 124 Å². The van der Waals surface area contributed by atoms with Crippen molar-refractivity contribution in [3.8, 4) is 0 Å². The molecule has 5 atom stereocenters. The second-order valence-corrected chi connectivity index (χ2v) is 6.28. The van der Waals surface area contributed by atoms with Gasteiger partial charge in [-0.25, -0.2) is 0 Å². The first-order valence-corrected chi connectivity index (χ1v) is 7.83. The molecule has 0 saturated carbocycles. The molecule has 0 amide bonds. The van der Waals surface area contributed by atoms with Gasteiger partial charge in [0, 0.05) is 0 Å². The molecule has 0 aromatic carbocycles.